The fraction of sp³-hybridized carbons (Fsp3) is 0.462. The second-order valence-corrected chi connectivity index (χ2v) is 4.44. The van der Waals surface area contributed by atoms with Crippen LogP contribution in [0.5, 0.6) is 5.75 Å². The second-order valence-electron chi connectivity index (χ2n) is 4.00. The average molecular weight is 253 g/mol. The fourth-order valence-electron chi connectivity index (χ4n) is 1.70. The van der Waals surface area contributed by atoms with Gasteiger partial charge in [0.15, 0.2) is 0 Å². The number of hydrogen-bond acceptors (Lipinski definition) is 3. The maximum atomic E-state index is 5.74. The van der Waals surface area contributed by atoms with Crippen molar-refractivity contribution < 1.29 is 9.47 Å². The van der Waals surface area contributed by atoms with Crippen molar-refractivity contribution in [3.63, 3.8) is 0 Å². The van der Waals surface area contributed by atoms with E-state index in [0.717, 1.165) is 28.9 Å². The molecule has 2 N–H and O–H groups in total. The van der Waals surface area contributed by atoms with Crippen LogP contribution in [-0.4, -0.2) is 25.3 Å². The lowest BCUT2D eigenvalue weighted by molar-refractivity contribution is 0.171. The molecule has 94 valence electrons. The summed E-state index contributed by atoms with van der Waals surface area (Å²) in [6.07, 6.45) is 0.881. The molecule has 0 radical (unpaired) electrons. The van der Waals surface area contributed by atoms with Crippen LogP contribution in [0.2, 0.25) is 0 Å². The van der Waals surface area contributed by atoms with Gasteiger partial charge in [-0.25, -0.2) is 0 Å². The summed E-state index contributed by atoms with van der Waals surface area (Å²) in [5.74, 6) is 0.918. The van der Waals surface area contributed by atoms with E-state index < -0.39 is 0 Å². The topological polar surface area (TPSA) is 44.5 Å². The van der Waals surface area contributed by atoms with Gasteiger partial charge in [-0.05, 0) is 37.1 Å². The third-order valence-corrected chi connectivity index (χ3v) is 2.72. The van der Waals surface area contributed by atoms with Crippen molar-refractivity contribution in [3.8, 4) is 5.75 Å². The second kappa shape index (κ2) is 6.57. The summed E-state index contributed by atoms with van der Waals surface area (Å²) in [5.41, 5.74) is 8.62. The SMILES string of the molecule is COCCCOc1c(C)cc(C(N)=S)cc1C. The van der Waals surface area contributed by atoms with E-state index in [0.29, 0.717) is 18.2 Å². The van der Waals surface area contributed by atoms with Gasteiger partial charge in [0.2, 0.25) is 0 Å². The number of nitrogens with two attached hydrogens (primary N) is 1. The molecule has 0 aliphatic rings. The monoisotopic (exact) mass is 253 g/mol. The van der Waals surface area contributed by atoms with E-state index in [2.05, 4.69) is 0 Å². The zero-order valence-corrected chi connectivity index (χ0v) is 11.4. The third-order valence-electron chi connectivity index (χ3n) is 2.48. The lowest BCUT2D eigenvalue weighted by Gasteiger charge is -2.13. The predicted molar refractivity (Wildman–Crippen MR) is 73.8 cm³/mol. The lowest BCUT2D eigenvalue weighted by atomic mass is 10.1. The van der Waals surface area contributed by atoms with Gasteiger partial charge in [0, 0.05) is 25.7 Å². The van der Waals surface area contributed by atoms with Gasteiger partial charge in [0.05, 0.1) is 6.61 Å². The van der Waals surface area contributed by atoms with Crippen LogP contribution in [0.25, 0.3) is 0 Å². The molecule has 1 rings (SSSR count). The zero-order valence-electron chi connectivity index (χ0n) is 10.6. The summed E-state index contributed by atoms with van der Waals surface area (Å²) in [4.78, 5) is 0.419. The number of ether oxygens (including phenoxy) is 2. The molecular weight excluding hydrogens is 234 g/mol. The first-order valence-electron chi connectivity index (χ1n) is 5.59. The molecule has 0 saturated heterocycles. The average Bonchev–Trinajstić information content (AvgIpc) is 2.26. The normalized spacial score (nSPS) is 10.3. The van der Waals surface area contributed by atoms with Gasteiger partial charge in [-0.15, -0.1) is 0 Å². The molecule has 0 atom stereocenters. The first-order chi connectivity index (χ1) is 8.06. The number of aryl methyl sites for hydroxylation is 2. The van der Waals surface area contributed by atoms with Crippen molar-refractivity contribution in [3.05, 3.63) is 28.8 Å². The van der Waals surface area contributed by atoms with Crippen LogP contribution in [0.4, 0.5) is 0 Å². The van der Waals surface area contributed by atoms with Gasteiger partial charge >= 0.3 is 0 Å². The molecule has 0 fully saturated rings. The number of hydrogen-bond donors (Lipinski definition) is 1. The Bertz CT molecular complexity index is 381. The molecule has 4 heteroatoms. The first-order valence-corrected chi connectivity index (χ1v) is 6.00. The molecule has 0 aliphatic carbocycles. The molecule has 0 aliphatic heterocycles. The Morgan fingerprint density at radius 2 is 1.82 bits per heavy atom. The Morgan fingerprint density at radius 1 is 1.24 bits per heavy atom. The van der Waals surface area contributed by atoms with E-state index in [-0.39, 0.29) is 0 Å². The summed E-state index contributed by atoms with van der Waals surface area (Å²) in [6.45, 7) is 5.37. The van der Waals surface area contributed by atoms with E-state index in [9.17, 15) is 0 Å². The largest absolute Gasteiger partial charge is 0.493 e. The number of thiocarbonyl (C=S) groups is 1. The number of benzene rings is 1. The van der Waals surface area contributed by atoms with Gasteiger partial charge in [0.1, 0.15) is 10.7 Å². The van der Waals surface area contributed by atoms with E-state index in [4.69, 9.17) is 27.4 Å². The van der Waals surface area contributed by atoms with E-state index in [1.807, 2.05) is 26.0 Å². The van der Waals surface area contributed by atoms with Crippen LogP contribution in [0, 0.1) is 13.8 Å². The van der Waals surface area contributed by atoms with Gasteiger partial charge in [0.25, 0.3) is 0 Å². The summed E-state index contributed by atoms with van der Waals surface area (Å²) in [5, 5.41) is 0. The lowest BCUT2D eigenvalue weighted by Crippen LogP contribution is -2.11. The number of rotatable bonds is 6. The van der Waals surface area contributed by atoms with Crippen molar-refractivity contribution in [1.29, 1.82) is 0 Å². The Labute approximate surface area is 108 Å². The molecule has 0 aromatic heterocycles. The highest BCUT2D eigenvalue weighted by molar-refractivity contribution is 7.80. The van der Waals surface area contributed by atoms with E-state index >= 15 is 0 Å². The van der Waals surface area contributed by atoms with Crippen LogP contribution in [0.15, 0.2) is 12.1 Å². The van der Waals surface area contributed by atoms with Gasteiger partial charge in [-0.3, -0.25) is 0 Å². The fourth-order valence-corrected chi connectivity index (χ4v) is 1.82. The predicted octanol–water partition coefficient (Wildman–Crippen LogP) is 2.35. The standard InChI is InChI=1S/C13H19NO2S/c1-9-7-11(13(14)17)8-10(2)12(9)16-6-4-5-15-3/h7-8H,4-6H2,1-3H3,(H2,14,17). The Hall–Kier alpha value is -1.13. The van der Waals surface area contributed by atoms with E-state index in [1.54, 1.807) is 7.11 Å². The van der Waals surface area contributed by atoms with E-state index in [1.165, 1.54) is 0 Å². The van der Waals surface area contributed by atoms with Crippen LogP contribution in [0.3, 0.4) is 0 Å². The van der Waals surface area contributed by atoms with Crippen LogP contribution < -0.4 is 10.5 Å². The highest BCUT2D eigenvalue weighted by Gasteiger charge is 2.07. The molecule has 0 bridgehead atoms. The minimum Gasteiger partial charge on any atom is -0.493 e. The maximum Gasteiger partial charge on any atom is 0.125 e. The molecule has 0 amide bonds. The summed E-state index contributed by atoms with van der Waals surface area (Å²) < 4.78 is 10.7. The van der Waals surface area contributed by atoms with Crippen LogP contribution in [-0.2, 0) is 4.74 Å². The Kier molecular flexibility index (Phi) is 5.38. The first kappa shape index (κ1) is 13.9. The minimum atomic E-state index is 0.419. The Balaban J connectivity index is 2.76. The Morgan fingerprint density at radius 3 is 2.29 bits per heavy atom. The van der Waals surface area contributed by atoms with Gasteiger partial charge in [-0.1, -0.05) is 12.2 Å². The quantitative estimate of drug-likeness (QED) is 0.624. The van der Waals surface area contributed by atoms with Crippen molar-refractivity contribution in [1.82, 2.24) is 0 Å². The van der Waals surface area contributed by atoms with Gasteiger partial charge < -0.3 is 15.2 Å². The van der Waals surface area contributed by atoms with Gasteiger partial charge in [-0.2, -0.15) is 0 Å². The zero-order chi connectivity index (χ0) is 12.8. The molecule has 1 aromatic carbocycles. The molecular formula is C13H19NO2S. The summed E-state index contributed by atoms with van der Waals surface area (Å²) in [6, 6.07) is 3.92. The van der Waals surface area contributed by atoms with Crippen LogP contribution in [0.1, 0.15) is 23.1 Å². The van der Waals surface area contributed by atoms with Crippen molar-refractivity contribution in [2.75, 3.05) is 20.3 Å². The van der Waals surface area contributed by atoms with Crippen LogP contribution >= 0.6 is 12.2 Å². The van der Waals surface area contributed by atoms with Crippen molar-refractivity contribution in [2.24, 2.45) is 5.73 Å². The highest BCUT2D eigenvalue weighted by Crippen LogP contribution is 2.24. The third kappa shape index (κ3) is 3.98. The van der Waals surface area contributed by atoms with Crippen molar-refractivity contribution in [2.45, 2.75) is 20.3 Å². The molecule has 3 nitrogen and oxygen atoms in total. The minimum absolute atomic E-state index is 0.419. The molecule has 17 heavy (non-hydrogen) atoms. The molecule has 0 spiro atoms. The summed E-state index contributed by atoms with van der Waals surface area (Å²) >= 11 is 4.97. The highest BCUT2D eigenvalue weighted by atomic mass is 32.1. The smallest absolute Gasteiger partial charge is 0.125 e. The number of methoxy groups -OCH3 is 1. The molecule has 0 unspecified atom stereocenters. The molecule has 0 saturated carbocycles. The molecule has 0 heterocycles. The summed E-state index contributed by atoms with van der Waals surface area (Å²) in [7, 11) is 1.69. The molecule has 1 aromatic rings. The van der Waals surface area contributed by atoms with Crippen molar-refractivity contribution >= 4 is 17.2 Å². The maximum absolute atomic E-state index is 5.74.